The third-order valence-corrected chi connectivity index (χ3v) is 9.47. The molecule has 4 aromatic rings. The third-order valence-electron chi connectivity index (χ3n) is 9.47. The summed E-state index contributed by atoms with van der Waals surface area (Å²) >= 11 is 0. The Morgan fingerprint density at radius 2 is 1.69 bits per heavy atom. The zero-order valence-corrected chi connectivity index (χ0v) is 27.3. The van der Waals surface area contributed by atoms with Crippen molar-refractivity contribution in [2.24, 2.45) is 0 Å². The molecule has 2 N–H and O–H groups in total. The minimum Gasteiger partial charge on any atom is -0.381 e. The number of rotatable bonds is 9. The van der Waals surface area contributed by atoms with E-state index in [2.05, 4.69) is 57.4 Å². The van der Waals surface area contributed by atoms with Crippen molar-refractivity contribution >= 4 is 22.4 Å². The molecule has 1 aromatic heterocycles. The quantitative estimate of drug-likeness (QED) is 0.219. The number of aromatic nitrogens is 1. The van der Waals surface area contributed by atoms with E-state index in [0.29, 0.717) is 24.2 Å². The van der Waals surface area contributed by atoms with E-state index < -0.39 is 17.3 Å². The molecule has 1 amide bonds. The van der Waals surface area contributed by atoms with E-state index in [1.165, 1.54) is 17.8 Å². The SMILES string of the molecule is CCN(c1cc(-c2ccc(CN3CCOCC3)cc2)cc(C(=O)NCc2c(=O)[nH]cc3cc(C(F)(F)F)ccc23)c1C)C1CCOCC1. The number of amides is 1. The summed E-state index contributed by atoms with van der Waals surface area (Å²) in [6.07, 6.45) is -1.48. The molecule has 0 atom stereocenters. The minimum absolute atomic E-state index is 0.149. The lowest BCUT2D eigenvalue weighted by Crippen LogP contribution is -2.40. The summed E-state index contributed by atoms with van der Waals surface area (Å²) in [5.41, 5.74) is 4.24. The van der Waals surface area contributed by atoms with Crippen LogP contribution in [0.1, 0.15) is 52.4 Å². The second-order valence-corrected chi connectivity index (χ2v) is 12.5. The Morgan fingerprint density at radius 1 is 0.979 bits per heavy atom. The number of pyridine rings is 1. The number of ether oxygens (including phenoxy) is 2. The molecule has 3 heterocycles. The van der Waals surface area contributed by atoms with Gasteiger partial charge < -0.3 is 24.7 Å². The number of fused-ring (bicyclic) bond motifs is 1. The largest absolute Gasteiger partial charge is 0.416 e. The standard InChI is InChI=1S/C37H41F3N4O4/c1-3-44(30-10-14-47-15-11-30)34-20-27(26-6-4-25(5-7-26)23-43-12-16-48-17-13-43)19-32(24(34)2)35(45)42-22-33-31-9-8-29(37(38,39)40)18-28(31)21-41-36(33)46/h4-9,18-21,30H,3,10-17,22-23H2,1-2H3,(H,41,46)(H,42,45). The molecule has 48 heavy (non-hydrogen) atoms. The highest BCUT2D eigenvalue weighted by Gasteiger charge is 2.31. The summed E-state index contributed by atoms with van der Waals surface area (Å²) in [6, 6.07) is 15.9. The number of morpholine rings is 1. The maximum atomic E-state index is 13.9. The van der Waals surface area contributed by atoms with Gasteiger partial charge in [0, 0.05) is 75.0 Å². The van der Waals surface area contributed by atoms with Gasteiger partial charge in [0.1, 0.15) is 0 Å². The van der Waals surface area contributed by atoms with Crippen LogP contribution in [0.5, 0.6) is 0 Å². The maximum Gasteiger partial charge on any atom is 0.416 e. The average molecular weight is 663 g/mol. The first-order valence-electron chi connectivity index (χ1n) is 16.5. The molecule has 11 heteroatoms. The monoisotopic (exact) mass is 662 g/mol. The van der Waals surface area contributed by atoms with Gasteiger partial charge in [-0.15, -0.1) is 0 Å². The topological polar surface area (TPSA) is 86.9 Å². The summed E-state index contributed by atoms with van der Waals surface area (Å²) in [5.74, 6) is -0.370. The maximum absolute atomic E-state index is 13.9. The molecule has 0 bridgehead atoms. The molecule has 2 aliphatic rings. The Hall–Kier alpha value is -4.19. The van der Waals surface area contributed by atoms with Crippen molar-refractivity contribution in [1.29, 1.82) is 0 Å². The van der Waals surface area contributed by atoms with Crippen molar-refractivity contribution in [2.75, 3.05) is 51.0 Å². The van der Waals surface area contributed by atoms with E-state index in [4.69, 9.17) is 9.47 Å². The van der Waals surface area contributed by atoms with Gasteiger partial charge in [-0.05, 0) is 84.0 Å². The first-order valence-corrected chi connectivity index (χ1v) is 16.5. The number of halogens is 3. The van der Waals surface area contributed by atoms with E-state index in [1.54, 1.807) is 0 Å². The number of hydrogen-bond acceptors (Lipinski definition) is 6. The number of benzene rings is 3. The Kier molecular flexibility index (Phi) is 10.2. The molecule has 0 unspecified atom stereocenters. The van der Waals surface area contributed by atoms with E-state index in [0.717, 1.165) is 86.7 Å². The van der Waals surface area contributed by atoms with Gasteiger partial charge in [-0.3, -0.25) is 14.5 Å². The fourth-order valence-electron chi connectivity index (χ4n) is 6.77. The Labute approximate surface area is 277 Å². The van der Waals surface area contributed by atoms with Crippen LogP contribution in [0.4, 0.5) is 18.9 Å². The highest BCUT2D eigenvalue weighted by Crippen LogP contribution is 2.35. The highest BCUT2D eigenvalue weighted by molar-refractivity contribution is 5.99. The smallest absolute Gasteiger partial charge is 0.381 e. The van der Waals surface area contributed by atoms with Crippen LogP contribution in [0.2, 0.25) is 0 Å². The Bertz CT molecular complexity index is 1810. The van der Waals surface area contributed by atoms with Gasteiger partial charge in [0.25, 0.3) is 11.5 Å². The Morgan fingerprint density at radius 3 is 2.38 bits per heavy atom. The van der Waals surface area contributed by atoms with Gasteiger partial charge in [-0.2, -0.15) is 13.2 Å². The van der Waals surface area contributed by atoms with E-state index in [9.17, 15) is 22.8 Å². The molecule has 254 valence electrons. The van der Waals surface area contributed by atoms with Crippen LogP contribution in [-0.4, -0.2) is 67.9 Å². The van der Waals surface area contributed by atoms with Gasteiger partial charge in [0.15, 0.2) is 0 Å². The number of hydrogen-bond donors (Lipinski definition) is 2. The lowest BCUT2D eigenvalue weighted by atomic mass is 9.94. The molecule has 2 aliphatic heterocycles. The Balaban J connectivity index is 1.32. The van der Waals surface area contributed by atoms with Gasteiger partial charge in [0.2, 0.25) is 0 Å². The molecule has 8 nitrogen and oxygen atoms in total. The lowest BCUT2D eigenvalue weighted by molar-refractivity contribution is -0.137. The molecule has 2 fully saturated rings. The zero-order chi connectivity index (χ0) is 33.8. The van der Waals surface area contributed by atoms with Crippen molar-refractivity contribution in [3.05, 3.63) is 99.0 Å². The van der Waals surface area contributed by atoms with Crippen molar-refractivity contribution in [2.45, 2.75) is 52.0 Å². The first-order chi connectivity index (χ1) is 23.1. The zero-order valence-electron chi connectivity index (χ0n) is 27.3. The summed E-state index contributed by atoms with van der Waals surface area (Å²) in [7, 11) is 0. The van der Waals surface area contributed by atoms with Crippen LogP contribution < -0.4 is 15.8 Å². The summed E-state index contributed by atoms with van der Waals surface area (Å²) in [6.45, 7) is 10.1. The number of H-pyrrole nitrogens is 1. The number of carbonyl (C=O) groups is 1. The summed E-state index contributed by atoms with van der Waals surface area (Å²) < 4.78 is 51.1. The van der Waals surface area contributed by atoms with Crippen LogP contribution in [0, 0.1) is 6.92 Å². The molecule has 0 spiro atoms. The van der Waals surface area contributed by atoms with Gasteiger partial charge in [-0.25, -0.2) is 0 Å². The summed E-state index contributed by atoms with van der Waals surface area (Å²) in [4.78, 5) is 34.0. The number of anilines is 1. The van der Waals surface area contributed by atoms with Crippen LogP contribution >= 0.6 is 0 Å². The summed E-state index contributed by atoms with van der Waals surface area (Å²) in [5, 5.41) is 3.49. The van der Waals surface area contributed by atoms with Crippen LogP contribution in [0.3, 0.4) is 0 Å². The fraction of sp³-hybridized carbons (Fsp3) is 0.405. The molecular formula is C37H41F3N4O4. The number of aromatic amines is 1. The van der Waals surface area contributed by atoms with Crippen molar-refractivity contribution in [1.82, 2.24) is 15.2 Å². The van der Waals surface area contributed by atoms with Crippen molar-refractivity contribution in [3.63, 3.8) is 0 Å². The van der Waals surface area contributed by atoms with E-state index >= 15 is 0 Å². The second kappa shape index (κ2) is 14.5. The average Bonchev–Trinajstić information content (AvgIpc) is 3.09. The second-order valence-electron chi connectivity index (χ2n) is 12.5. The van der Waals surface area contributed by atoms with Crippen LogP contribution in [0.15, 0.2) is 65.6 Å². The molecule has 0 radical (unpaired) electrons. The molecule has 3 aromatic carbocycles. The van der Waals surface area contributed by atoms with Crippen LogP contribution in [0.25, 0.3) is 21.9 Å². The predicted molar refractivity (Wildman–Crippen MR) is 180 cm³/mol. The fourth-order valence-corrected chi connectivity index (χ4v) is 6.77. The van der Waals surface area contributed by atoms with Gasteiger partial charge in [-0.1, -0.05) is 30.3 Å². The van der Waals surface area contributed by atoms with Gasteiger partial charge in [0.05, 0.1) is 18.8 Å². The number of nitrogens with zero attached hydrogens (tertiary/aromatic N) is 2. The van der Waals surface area contributed by atoms with Crippen molar-refractivity contribution in [3.8, 4) is 11.1 Å². The third kappa shape index (κ3) is 7.43. The molecule has 2 saturated heterocycles. The number of nitrogens with one attached hydrogen (secondary N) is 2. The highest BCUT2D eigenvalue weighted by atomic mass is 19.4. The molecular weight excluding hydrogens is 621 g/mol. The van der Waals surface area contributed by atoms with E-state index in [-0.39, 0.29) is 29.4 Å². The molecule has 0 aliphatic carbocycles. The predicted octanol–water partition coefficient (Wildman–Crippen LogP) is 6.29. The van der Waals surface area contributed by atoms with Crippen molar-refractivity contribution < 1.29 is 27.4 Å². The van der Waals surface area contributed by atoms with Gasteiger partial charge >= 0.3 is 6.18 Å². The minimum atomic E-state index is -4.51. The normalized spacial score (nSPS) is 16.3. The van der Waals surface area contributed by atoms with E-state index in [1.807, 2.05) is 13.0 Å². The first kappa shape index (κ1) is 33.7. The lowest BCUT2D eigenvalue weighted by Gasteiger charge is -2.37. The molecule has 0 saturated carbocycles. The van der Waals surface area contributed by atoms with Crippen LogP contribution in [-0.2, 0) is 28.7 Å². The molecule has 6 rings (SSSR count). The number of carbonyl (C=O) groups excluding carboxylic acids is 1. The number of alkyl halides is 3.